The van der Waals surface area contributed by atoms with Gasteiger partial charge >= 0.3 is 5.97 Å². The molecule has 0 atom stereocenters. The number of esters is 1. The number of oxazole rings is 1. The monoisotopic (exact) mass is 224 g/mol. The topological polar surface area (TPSA) is 65.2 Å². The maximum atomic E-state index is 11.5. The number of hydrogen-bond acceptors (Lipinski definition) is 6. The molecule has 0 fully saturated rings. The van der Waals surface area contributed by atoms with Gasteiger partial charge in [-0.25, -0.2) is 14.8 Å². The van der Waals surface area contributed by atoms with Crippen molar-refractivity contribution in [2.75, 3.05) is 6.61 Å². The van der Waals surface area contributed by atoms with Crippen molar-refractivity contribution in [2.24, 2.45) is 0 Å². The summed E-state index contributed by atoms with van der Waals surface area (Å²) >= 11 is 1.42. The molecule has 0 bridgehead atoms. The number of aromatic nitrogens is 2. The summed E-state index contributed by atoms with van der Waals surface area (Å²) in [4.78, 5) is 19.3. The maximum Gasteiger partial charge on any atom is 0.361 e. The summed E-state index contributed by atoms with van der Waals surface area (Å²) in [6.45, 7) is 2.04. The van der Waals surface area contributed by atoms with Crippen molar-refractivity contribution >= 4 is 17.3 Å². The first kappa shape index (κ1) is 9.85. The van der Waals surface area contributed by atoms with E-state index in [1.165, 1.54) is 17.7 Å². The zero-order chi connectivity index (χ0) is 10.7. The molecule has 2 aromatic rings. The van der Waals surface area contributed by atoms with E-state index in [1.807, 2.05) is 0 Å². The van der Waals surface area contributed by atoms with Gasteiger partial charge in [-0.05, 0) is 6.92 Å². The Hall–Kier alpha value is -1.69. The highest BCUT2D eigenvalue weighted by Crippen LogP contribution is 2.23. The zero-order valence-corrected chi connectivity index (χ0v) is 8.78. The van der Waals surface area contributed by atoms with Crippen molar-refractivity contribution in [2.45, 2.75) is 6.92 Å². The molecule has 0 aliphatic heterocycles. The van der Waals surface area contributed by atoms with E-state index in [4.69, 9.17) is 9.15 Å². The highest BCUT2D eigenvalue weighted by atomic mass is 32.1. The minimum absolute atomic E-state index is 0.169. The molecule has 0 unspecified atom stereocenters. The molecular formula is C9H8N2O3S. The predicted octanol–water partition coefficient (Wildman–Crippen LogP) is 1.97. The maximum absolute atomic E-state index is 11.5. The van der Waals surface area contributed by atoms with Crippen molar-refractivity contribution in [1.29, 1.82) is 0 Å². The summed E-state index contributed by atoms with van der Waals surface area (Å²) in [6, 6.07) is 0. The van der Waals surface area contributed by atoms with E-state index in [2.05, 4.69) is 9.97 Å². The number of carbonyl (C=O) groups excluding carboxylic acids is 1. The van der Waals surface area contributed by atoms with Gasteiger partial charge in [0.2, 0.25) is 0 Å². The van der Waals surface area contributed by atoms with E-state index in [9.17, 15) is 4.79 Å². The second-order valence-corrected chi connectivity index (χ2v) is 3.34. The molecule has 0 aliphatic carbocycles. The lowest BCUT2D eigenvalue weighted by molar-refractivity contribution is 0.0520. The predicted molar refractivity (Wildman–Crippen MR) is 53.6 cm³/mol. The van der Waals surface area contributed by atoms with Gasteiger partial charge in [0.05, 0.1) is 12.1 Å². The first-order valence-corrected chi connectivity index (χ1v) is 5.26. The molecule has 0 aromatic carbocycles. The van der Waals surface area contributed by atoms with Crippen LogP contribution in [0.5, 0.6) is 0 Å². The Kier molecular flexibility index (Phi) is 2.77. The van der Waals surface area contributed by atoms with Crippen molar-refractivity contribution in [3.63, 3.8) is 0 Å². The van der Waals surface area contributed by atoms with Gasteiger partial charge in [-0.15, -0.1) is 11.3 Å². The largest absolute Gasteiger partial charge is 0.461 e. The first-order chi connectivity index (χ1) is 7.33. The molecule has 0 aliphatic rings. The molecule has 0 saturated heterocycles. The minimum Gasteiger partial charge on any atom is -0.461 e. The molecule has 2 rings (SSSR count). The summed E-state index contributed by atoms with van der Waals surface area (Å²) in [5, 5.41) is 1.78. The molecule has 78 valence electrons. The van der Waals surface area contributed by atoms with Crippen LogP contribution in [0.1, 0.15) is 17.4 Å². The van der Waals surface area contributed by atoms with E-state index in [0.717, 1.165) is 0 Å². The van der Waals surface area contributed by atoms with Crippen LogP contribution >= 0.6 is 11.3 Å². The van der Waals surface area contributed by atoms with Gasteiger partial charge in [0, 0.05) is 5.38 Å². The Morgan fingerprint density at radius 2 is 2.47 bits per heavy atom. The highest BCUT2D eigenvalue weighted by molar-refractivity contribution is 7.07. The number of ether oxygens (including phenoxy) is 1. The van der Waals surface area contributed by atoms with Crippen LogP contribution in [0.25, 0.3) is 11.5 Å². The number of carbonyl (C=O) groups is 1. The summed E-state index contributed by atoms with van der Waals surface area (Å²) in [7, 11) is 0. The number of hydrogen-bond donors (Lipinski definition) is 0. The second-order valence-electron chi connectivity index (χ2n) is 2.62. The Bertz CT molecular complexity index is 450. The Morgan fingerprint density at radius 1 is 1.60 bits per heavy atom. The molecule has 0 amide bonds. The van der Waals surface area contributed by atoms with Gasteiger partial charge in [-0.3, -0.25) is 0 Å². The fraction of sp³-hybridized carbons (Fsp3) is 0.222. The summed E-state index contributed by atoms with van der Waals surface area (Å²) in [5.41, 5.74) is 2.43. The lowest BCUT2D eigenvalue weighted by Crippen LogP contribution is -2.06. The third kappa shape index (κ3) is 1.89. The van der Waals surface area contributed by atoms with E-state index >= 15 is 0 Å². The first-order valence-electron chi connectivity index (χ1n) is 4.32. The van der Waals surface area contributed by atoms with Crippen LogP contribution in [0, 0.1) is 0 Å². The molecule has 0 spiro atoms. The third-order valence-corrected chi connectivity index (χ3v) is 2.29. The van der Waals surface area contributed by atoms with E-state index < -0.39 is 5.97 Å². The van der Waals surface area contributed by atoms with Crippen LogP contribution in [0.2, 0.25) is 0 Å². The Labute approximate surface area is 89.7 Å². The van der Waals surface area contributed by atoms with Crippen LogP contribution in [0.4, 0.5) is 0 Å². The molecule has 6 heteroatoms. The van der Waals surface area contributed by atoms with Crippen molar-refractivity contribution in [3.05, 3.63) is 23.0 Å². The molecule has 0 saturated carbocycles. The van der Waals surface area contributed by atoms with Crippen molar-refractivity contribution < 1.29 is 13.9 Å². The number of nitrogens with zero attached hydrogens (tertiary/aromatic N) is 2. The lowest BCUT2D eigenvalue weighted by Gasteiger charge is -1.98. The standard InChI is InChI=1S/C9H8N2O3S/c1-2-13-9(12)7-8(14-4-10-7)6-3-15-5-11-6/h3-5H,2H2,1H3. The Morgan fingerprint density at radius 3 is 3.13 bits per heavy atom. The fourth-order valence-corrected chi connectivity index (χ4v) is 1.63. The normalized spacial score (nSPS) is 10.2. The summed E-state index contributed by atoms with van der Waals surface area (Å²) < 4.78 is 9.95. The summed E-state index contributed by atoms with van der Waals surface area (Å²) in [5.74, 6) is -0.135. The molecule has 0 N–H and O–H groups in total. The van der Waals surface area contributed by atoms with Gasteiger partial charge in [0.25, 0.3) is 0 Å². The number of thiazole rings is 1. The Balaban J connectivity index is 2.34. The average Bonchev–Trinajstić information content (AvgIpc) is 2.88. The van der Waals surface area contributed by atoms with E-state index in [0.29, 0.717) is 18.1 Å². The smallest absolute Gasteiger partial charge is 0.361 e. The van der Waals surface area contributed by atoms with Gasteiger partial charge in [-0.1, -0.05) is 0 Å². The molecule has 0 radical (unpaired) electrons. The van der Waals surface area contributed by atoms with E-state index in [-0.39, 0.29) is 5.69 Å². The zero-order valence-electron chi connectivity index (χ0n) is 7.97. The molecule has 2 heterocycles. The van der Waals surface area contributed by atoms with Crippen molar-refractivity contribution in [1.82, 2.24) is 9.97 Å². The van der Waals surface area contributed by atoms with Gasteiger partial charge in [-0.2, -0.15) is 0 Å². The van der Waals surface area contributed by atoms with Crippen molar-refractivity contribution in [3.8, 4) is 11.5 Å². The second kappa shape index (κ2) is 4.22. The molecule has 2 aromatic heterocycles. The van der Waals surface area contributed by atoms with Crippen LogP contribution in [0.3, 0.4) is 0 Å². The summed E-state index contributed by atoms with van der Waals surface area (Å²) in [6.07, 6.45) is 1.21. The molecule has 5 nitrogen and oxygen atoms in total. The highest BCUT2D eigenvalue weighted by Gasteiger charge is 2.20. The number of rotatable bonds is 3. The van der Waals surface area contributed by atoms with E-state index in [1.54, 1.807) is 17.8 Å². The van der Waals surface area contributed by atoms with Crippen LogP contribution in [0.15, 0.2) is 21.7 Å². The SMILES string of the molecule is CCOC(=O)c1ncoc1-c1cscn1. The third-order valence-electron chi connectivity index (χ3n) is 1.70. The van der Waals surface area contributed by atoms with Gasteiger partial charge in [0.15, 0.2) is 17.8 Å². The van der Waals surface area contributed by atoms with Gasteiger partial charge in [0.1, 0.15) is 5.69 Å². The molecule has 15 heavy (non-hydrogen) atoms. The quantitative estimate of drug-likeness (QED) is 0.746. The van der Waals surface area contributed by atoms with Crippen LogP contribution in [-0.4, -0.2) is 22.5 Å². The van der Waals surface area contributed by atoms with Crippen LogP contribution < -0.4 is 0 Å². The molecular weight excluding hydrogens is 216 g/mol. The van der Waals surface area contributed by atoms with Gasteiger partial charge < -0.3 is 9.15 Å². The van der Waals surface area contributed by atoms with Crippen LogP contribution in [-0.2, 0) is 4.74 Å². The fourth-order valence-electron chi connectivity index (χ4n) is 1.10. The average molecular weight is 224 g/mol. The lowest BCUT2D eigenvalue weighted by atomic mass is 10.3. The minimum atomic E-state index is -0.491.